The van der Waals surface area contributed by atoms with Gasteiger partial charge in [0.25, 0.3) is 5.91 Å². The molecule has 1 saturated heterocycles. The number of ether oxygens (including phenoxy) is 1. The van der Waals surface area contributed by atoms with E-state index in [1.807, 2.05) is 19.9 Å². The van der Waals surface area contributed by atoms with Crippen LogP contribution < -0.4 is 15.9 Å². The van der Waals surface area contributed by atoms with Gasteiger partial charge in [-0.1, -0.05) is 6.07 Å². The van der Waals surface area contributed by atoms with Crippen LogP contribution in [0.25, 0.3) is 11.0 Å². The van der Waals surface area contributed by atoms with Crippen molar-refractivity contribution in [2.45, 2.75) is 39.2 Å². The Bertz CT molecular complexity index is 1180. The number of rotatable bonds is 5. The van der Waals surface area contributed by atoms with E-state index in [0.29, 0.717) is 35.7 Å². The molecule has 1 aromatic carbocycles. The number of benzene rings is 1. The zero-order valence-electron chi connectivity index (χ0n) is 17.7. The van der Waals surface area contributed by atoms with Crippen molar-refractivity contribution in [2.75, 3.05) is 13.1 Å². The molecule has 162 valence electrons. The Morgan fingerprint density at radius 3 is 2.61 bits per heavy atom. The van der Waals surface area contributed by atoms with Crippen LogP contribution in [0.2, 0.25) is 0 Å². The number of carbonyl (C=O) groups is 1. The average Bonchev–Trinajstić information content (AvgIpc) is 2.74. The van der Waals surface area contributed by atoms with Crippen LogP contribution in [0.1, 0.15) is 42.6 Å². The molecule has 4 rings (SSSR count). The number of hydrogen-bond acceptors (Lipinski definition) is 5. The smallest absolute Gasteiger partial charge is 0.349 e. The number of carbonyl (C=O) groups excluding carboxylic acids is 1. The fraction of sp³-hybridized carbons (Fsp3) is 0.375. The summed E-state index contributed by atoms with van der Waals surface area (Å²) in [5.41, 5.74) is 0.806. The van der Waals surface area contributed by atoms with Crippen molar-refractivity contribution in [1.82, 2.24) is 9.88 Å². The molecule has 1 aliphatic rings. The number of aromatic nitrogens is 1. The number of piperidine rings is 1. The van der Waals surface area contributed by atoms with Gasteiger partial charge in [0.1, 0.15) is 16.9 Å². The first-order valence-electron chi connectivity index (χ1n) is 10.6. The van der Waals surface area contributed by atoms with Crippen LogP contribution in [0.4, 0.5) is 0 Å². The monoisotopic (exact) mass is 422 g/mol. The van der Waals surface area contributed by atoms with E-state index in [9.17, 15) is 14.4 Å². The van der Waals surface area contributed by atoms with Gasteiger partial charge in [-0.05, 0) is 62.8 Å². The minimum absolute atomic E-state index is 0.0112. The first-order valence-corrected chi connectivity index (χ1v) is 10.6. The van der Waals surface area contributed by atoms with E-state index in [1.165, 1.54) is 6.07 Å². The maximum Gasteiger partial charge on any atom is 0.349 e. The largest absolute Gasteiger partial charge is 0.491 e. The van der Waals surface area contributed by atoms with Gasteiger partial charge >= 0.3 is 5.63 Å². The van der Waals surface area contributed by atoms with E-state index in [4.69, 9.17) is 9.15 Å². The van der Waals surface area contributed by atoms with Gasteiger partial charge in [0, 0.05) is 36.8 Å². The molecule has 0 saturated carbocycles. The molecule has 3 aromatic rings. The lowest BCUT2D eigenvalue weighted by Crippen LogP contribution is -2.40. The minimum atomic E-state index is -0.630. The molecule has 0 radical (unpaired) electrons. The van der Waals surface area contributed by atoms with E-state index in [-0.39, 0.29) is 23.1 Å². The van der Waals surface area contributed by atoms with E-state index in [1.54, 1.807) is 35.4 Å². The number of nitrogens with one attached hydrogen (secondary N) is 1. The predicted octanol–water partition coefficient (Wildman–Crippen LogP) is 3.36. The summed E-state index contributed by atoms with van der Waals surface area (Å²) < 4.78 is 11.1. The fourth-order valence-electron chi connectivity index (χ4n) is 4.00. The Morgan fingerprint density at radius 2 is 1.94 bits per heavy atom. The van der Waals surface area contributed by atoms with Crippen molar-refractivity contribution >= 4 is 16.9 Å². The van der Waals surface area contributed by atoms with Gasteiger partial charge in [-0.3, -0.25) is 9.59 Å². The third-order valence-corrected chi connectivity index (χ3v) is 5.58. The number of hydrogen-bond donors (Lipinski definition) is 1. The minimum Gasteiger partial charge on any atom is -0.491 e. The van der Waals surface area contributed by atoms with Crippen molar-refractivity contribution < 1.29 is 13.9 Å². The molecule has 1 amide bonds. The lowest BCUT2D eigenvalue weighted by atomic mass is 9.90. The van der Waals surface area contributed by atoms with Gasteiger partial charge in [-0.2, -0.15) is 0 Å². The highest BCUT2D eigenvalue weighted by atomic mass is 16.5. The number of H-pyrrole nitrogens is 1. The Labute approximate surface area is 179 Å². The highest BCUT2D eigenvalue weighted by Crippen LogP contribution is 2.24. The second kappa shape index (κ2) is 8.79. The molecule has 0 bridgehead atoms. The third kappa shape index (κ3) is 4.87. The second-order valence-corrected chi connectivity index (χ2v) is 8.31. The van der Waals surface area contributed by atoms with Crippen LogP contribution in [0.3, 0.4) is 0 Å². The zero-order chi connectivity index (χ0) is 22.0. The predicted molar refractivity (Wildman–Crippen MR) is 118 cm³/mol. The molecule has 1 N–H and O–H groups in total. The van der Waals surface area contributed by atoms with E-state index < -0.39 is 5.63 Å². The lowest BCUT2D eigenvalue weighted by molar-refractivity contribution is 0.0686. The summed E-state index contributed by atoms with van der Waals surface area (Å²) in [6.07, 6.45) is 4.31. The van der Waals surface area contributed by atoms with Crippen molar-refractivity contribution in [3.63, 3.8) is 0 Å². The van der Waals surface area contributed by atoms with Gasteiger partial charge in [0.05, 0.1) is 6.10 Å². The number of amides is 1. The Hall–Kier alpha value is -3.35. The Kier molecular flexibility index (Phi) is 5.93. The molecule has 7 nitrogen and oxygen atoms in total. The number of pyridine rings is 1. The van der Waals surface area contributed by atoms with Crippen LogP contribution in [0.5, 0.6) is 5.75 Å². The third-order valence-electron chi connectivity index (χ3n) is 5.58. The molecule has 2 aromatic heterocycles. The van der Waals surface area contributed by atoms with Crippen LogP contribution in [-0.2, 0) is 6.42 Å². The van der Waals surface area contributed by atoms with Crippen LogP contribution >= 0.6 is 0 Å². The second-order valence-electron chi connectivity index (χ2n) is 8.31. The lowest BCUT2D eigenvalue weighted by Gasteiger charge is -2.32. The summed E-state index contributed by atoms with van der Waals surface area (Å²) in [5, 5.41) is 0.687. The summed E-state index contributed by atoms with van der Waals surface area (Å²) >= 11 is 0. The maximum absolute atomic E-state index is 13.0. The van der Waals surface area contributed by atoms with E-state index in [2.05, 4.69) is 4.98 Å². The Balaban J connectivity index is 1.44. The molecule has 1 fully saturated rings. The summed E-state index contributed by atoms with van der Waals surface area (Å²) in [5.74, 6) is 0.761. The van der Waals surface area contributed by atoms with Crippen LogP contribution in [0.15, 0.2) is 56.6 Å². The number of aromatic amines is 1. The number of likely N-dealkylation sites (tertiary alicyclic amines) is 1. The quantitative estimate of drug-likeness (QED) is 0.637. The molecule has 31 heavy (non-hydrogen) atoms. The first kappa shape index (κ1) is 20.9. The normalized spacial score (nSPS) is 14.9. The fourth-order valence-corrected chi connectivity index (χ4v) is 4.00. The van der Waals surface area contributed by atoms with Gasteiger partial charge in [-0.25, -0.2) is 4.79 Å². The molecule has 0 unspecified atom stereocenters. The SMILES string of the molecule is CC(C)Oc1ccc2cc(C(=O)N3CCC(Cc4ccc(=O)[nH]c4)CC3)c(=O)oc2c1. The van der Waals surface area contributed by atoms with E-state index >= 15 is 0 Å². The van der Waals surface area contributed by atoms with Crippen molar-refractivity contribution in [2.24, 2.45) is 5.92 Å². The highest BCUT2D eigenvalue weighted by molar-refractivity contribution is 5.96. The van der Waals surface area contributed by atoms with Crippen molar-refractivity contribution in [1.29, 1.82) is 0 Å². The zero-order valence-corrected chi connectivity index (χ0v) is 17.7. The molecule has 7 heteroatoms. The molecule has 0 spiro atoms. The molecule has 3 heterocycles. The molecular weight excluding hydrogens is 396 g/mol. The summed E-state index contributed by atoms with van der Waals surface area (Å²) in [6.45, 7) is 5.02. The van der Waals surface area contributed by atoms with Crippen molar-refractivity contribution in [3.8, 4) is 5.75 Å². The standard InChI is InChI=1S/C24H26N2O5/c1-15(2)30-19-5-4-18-12-20(24(29)31-21(18)13-19)23(28)26-9-7-16(8-10-26)11-17-3-6-22(27)25-14-17/h3-6,12-16H,7-11H2,1-2H3,(H,25,27). The van der Waals surface area contributed by atoms with Crippen molar-refractivity contribution in [3.05, 3.63) is 74.5 Å². The van der Waals surface area contributed by atoms with E-state index in [0.717, 1.165) is 24.8 Å². The van der Waals surface area contributed by atoms with Crippen LogP contribution in [-0.4, -0.2) is 35.0 Å². The van der Waals surface area contributed by atoms with Gasteiger partial charge in [0.15, 0.2) is 0 Å². The first-order chi connectivity index (χ1) is 14.9. The molecular formula is C24H26N2O5. The van der Waals surface area contributed by atoms with Gasteiger partial charge < -0.3 is 19.0 Å². The van der Waals surface area contributed by atoms with Gasteiger partial charge in [-0.15, -0.1) is 0 Å². The number of fused-ring (bicyclic) bond motifs is 1. The highest BCUT2D eigenvalue weighted by Gasteiger charge is 2.26. The van der Waals surface area contributed by atoms with Gasteiger partial charge in [0.2, 0.25) is 5.56 Å². The number of nitrogens with zero attached hydrogens (tertiary/aromatic N) is 1. The summed E-state index contributed by atoms with van der Waals surface area (Å²) in [4.78, 5) is 41.1. The molecule has 0 aliphatic carbocycles. The maximum atomic E-state index is 13.0. The molecule has 0 atom stereocenters. The Morgan fingerprint density at radius 1 is 1.16 bits per heavy atom. The summed E-state index contributed by atoms with van der Waals surface area (Å²) in [6, 6.07) is 10.3. The average molecular weight is 422 g/mol. The summed E-state index contributed by atoms with van der Waals surface area (Å²) in [7, 11) is 0. The van der Waals surface area contributed by atoms with Crippen LogP contribution in [0, 0.1) is 5.92 Å². The molecule has 1 aliphatic heterocycles. The topological polar surface area (TPSA) is 92.6 Å².